The predicted octanol–water partition coefficient (Wildman–Crippen LogP) is 2.15. The molecule has 0 radical (unpaired) electrons. The number of halogens is 1. The van der Waals surface area contributed by atoms with Crippen LogP contribution in [-0.4, -0.2) is 6.61 Å². The highest BCUT2D eigenvalue weighted by Gasteiger charge is 2.16. The average Bonchev–Trinajstić information content (AvgIpc) is 2.50. The van der Waals surface area contributed by atoms with Crippen molar-refractivity contribution in [3.8, 4) is 11.8 Å². The Kier molecular flexibility index (Phi) is 1.67. The van der Waals surface area contributed by atoms with Crippen molar-refractivity contribution in [1.29, 1.82) is 5.26 Å². The van der Waals surface area contributed by atoms with E-state index in [0.717, 1.165) is 12.0 Å². The summed E-state index contributed by atoms with van der Waals surface area (Å²) < 4.78 is 5.29. The molecule has 0 fully saturated rings. The molecule has 0 spiro atoms. The van der Waals surface area contributed by atoms with Gasteiger partial charge in [0.15, 0.2) is 0 Å². The summed E-state index contributed by atoms with van der Waals surface area (Å²) in [5.74, 6) is 0.710. The van der Waals surface area contributed by atoms with E-state index in [1.54, 1.807) is 6.07 Å². The summed E-state index contributed by atoms with van der Waals surface area (Å²) in [6.07, 6.45) is 0.852. The Morgan fingerprint density at radius 3 is 3.08 bits per heavy atom. The van der Waals surface area contributed by atoms with E-state index in [2.05, 4.69) is 6.07 Å². The first-order chi connectivity index (χ1) is 5.81. The SMILES string of the molecule is N#Cc1cc(Cl)cc2c1OCC2. The van der Waals surface area contributed by atoms with Gasteiger partial charge in [0.05, 0.1) is 12.2 Å². The van der Waals surface area contributed by atoms with Crippen LogP contribution in [0.2, 0.25) is 5.02 Å². The van der Waals surface area contributed by atoms with Gasteiger partial charge in [-0.2, -0.15) is 5.26 Å². The lowest BCUT2D eigenvalue weighted by Crippen LogP contribution is -1.88. The summed E-state index contributed by atoms with van der Waals surface area (Å²) in [6, 6.07) is 5.54. The summed E-state index contributed by atoms with van der Waals surface area (Å²) in [7, 11) is 0. The third-order valence-electron chi connectivity index (χ3n) is 1.87. The number of fused-ring (bicyclic) bond motifs is 1. The third-order valence-corrected chi connectivity index (χ3v) is 2.09. The molecular weight excluding hydrogens is 174 g/mol. The Labute approximate surface area is 75.3 Å². The van der Waals surface area contributed by atoms with Crippen LogP contribution in [0.1, 0.15) is 11.1 Å². The van der Waals surface area contributed by atoms with Crippen LogP contribution in [0.15, 0.2) is 12.1 Å². The van der Waals surface area contributed by atoms with E-state index < -0.39 is 0 Å². The van der Waals surface area contributed by atoms with Gasteiger partial charge in [0, 0.05) is 17.0 Å². The van der Waals surface area contributed by atoms with Gasteiger partial charge in [-0.1, -0.05) is 11.6 Å². The highest BCUT2D eigenvalue weighted by molar-refractivity contribution is 6.30. The summed E-state index contributed by atoms with van der Waals surface area (Å²) in [5.41, 5.74) is 1.58. The molecule has 0 saturated carbocycles. The second kappa shape index (κ2) is 2.69. The van der Waals surface area contributed by atoms with Crippen LogP contribution in [0.4, 0.5) is 0 Å². The zero-order valence-corrected chi connectivity index (χ0v) is 7.06. The molecule has 0 aromatic heterocycles. The highest BCUT2D eigenvalue weighted by Crippen LogP contribution is 2.31. The van der Waals surface area contributed by atoms with Gasteiger partial charge < -0.3 is 4.74 Å². The fourth-order valence-electron chi connectivity index (χ4n) is 1.35. The summed E-state index contributed by atoms with van der Waals surface area (Å²) in [6.45, 7) is 0.657. The number of benzene rings is 1. The minimum absolute atomic E-state index is 0.537. The van der Waals surface area contributed by atoms with E-state index in [1.165, 1.54) is 0 Å². The molecule has 2 nitrogen and oxygen atoms in total. The number of ether oxygens (including phenoxy) is 1. The van der Waals surface area contributed by atoms with Crippen LogP contribution in [0.3, 0.4) is 0 Å². The van der Waals surface area contributed by atoms with Crippen molar-refractivity contribution < 1.29 is 4.74 Å². The number of nitrogens with zero attached hydrogens (tertiary/aromatic N) is 1. The van der Waals surface area contributed by atoms with Crippen molar-refractivity contribution in [1.82, 2.24) is 0 Å². The molecule has 0 saturated heterocycles. The molecule has 0 N–H and O–H groups in total. The summed E-state index contributed by atoms with van der Waals surface area (Å²) in [5, 5.41) is 9.34. The Balaban J connectivity index is 2.64. The van der Waals surface area contributed by atoms with Crippen molar-refractivity contribution in [2.45, 2.75) is 6.42 Å². The maximum absolute atomic E-state index is 8.74. The van der Waals surface area contributed by atoms with Crippen LogP contribution in [0.25, 0.3) is 0 Å². The molecule has 1 aromatic rings. The highest BCUT2D eigenvalue weighted by atomic mass is 35.5. The van der Waals surface area contributed by atoms with Crippen molar-refractivity contribution in [2.24, 2.45) is 0 Å². The van der Waals surface area contributed by atoms with Crippen molar-refractivity contribution >= 4 is 11.6 Å². The number of hydrogen-bond donors (Lipinski definition) is 0. The van der Waals surface area contributed by atoms with E-state index >= 15 is 0 Å². The van der Waals surface area contributed by atoms with Gasteiger partial charge in [0.25, 0.3) is 0 Å². The second-order valence-corrected chi connectivity index (χ2v) is 3.09. The van der Waals surface area contributed by atoms with Crippen molar-refractivity contribution in [2.75, 3.05) is 6.61 Å². The van der Waals surface area contributed by atoms with E-state index in [4.69, 9.17) is 21.6 Å². The van der Waals surface area contributed by atoms with E-state index in [1.807, 2.05) is 6.07 Å². The van der Waals surface area contributed by atoms with E-state index in [0.29, 0.717) is 22.9 Å². The van der Waals surface area contributed by atoms with Gasteiger partial charge in [0.1, 0.15) is 11.8 Å². The molecule has 0 bridgehead atoms. The van der Waals surface area contributed by atoms with E-state index in [9.17, 15) is 0 Å². The number of rotatable bonds is 0. The molecule has 0 amide bonds. The zero-order valence-electron chi connectivity index (χ0n) is 6.30. The van der Waals surface area contributed by atoms with Gasteiger partial charge in [-0.25, -0.2) is 0 Å². The number of nitriles is 1. The van der Waals surface area contributed by atoms with Crippen LogP contribution < -0.4 is 4.74 Å². The lowest BCUT2D eigenvalue weighted by Gasteiger charge is -2.00. The Hall–Kier alpha value is -1.20. The largest absolute Gasteiger partial charge is 0.492 e. The molecule has 1 aromatic carbocycles. The zero-order chi connectivity index (χ0) is 8.55. The first-order valence-electron chi connectivity index (χ1n) is 3.66. The summed E-state index contributed by atoms with van der Waals surface area (Å²) >= 11 is 5.80. The molecule has 12 heavy (non-hydrogen) atoms. The maximum atomic E-state index is 8.74. The lowest BCUT2D eigenvalue weighted by atomic mass is 10.1. The van der Waals surface area contributed by atoms with Gasteiger partial charge in [0.2, 0.25) is 0 Å². The molecule has 0 unspecified atom stereocenters. The molecule has 1 heterocycles. The van der Waals surface area contributed by atoms with Gasteiger partial charge >= 0.3 is 0 Å². The monoisotopic (exact) mass is 179 g/mol. The molecular formula is C9H6ClNO. The fraction of sp³-hybridized carbons (Fsp3) is 0.222. The van der Waals surface area contributed by atoms with Crippen LogP contribution in [0.5, 0.6) is 5.75 Å². The molecule has 1 aliphatic rings. The van der Waals surface area contributed by atoms with Crippen LogP contribution in [-0.2, 0) is 6.42 Å². The Bertz CT molecular complexity index is 368. The second-order valence-electron chi connectivity index (χ2n) is 2.65. The van der Waals surface area contributed by atoms with E-state index in [-0.39, 0.29) is 0 Å². The molecule has 3 heteroatoms. The standard InChI is InChI=1S/C9H6ClNO/c10-8-3-6-1-2-12-9(6)7(4-8)5-11/h3-4H,1-2H2. The maximum Gasteiger partial charge on any atom is 0.140 e. The van der Waals surface area contributed by atoms with Gasteiger partial charge in [-0.3, -0.25) is 0 Å². The first-order valence-corrected chi connectivity index (χ1v) is 4.04. The summed E-state index contributed by atoms with van der Waals surface area (Å²) in [4.78, 5) is 0. The smallest absolute Gasteiger partial charge is 0.140 e. The van der Waals surface area contributed by atoms with Crippen LogP contribution in [0, 0.1) is 11.3 Å². The first kappa shape index (κ1) is 7.45. The quantitative estimate of drug-likeness (QED) is 0.612. The Morgan fingerprint density at radius 2 is 2.33 bits per heavy atom. The minimum atomic E-state index is 0.537. The minimum Gasteiger partial charge on any atom is -0.492 e. The molecule has 60 valence electrons. The molecule has 0 atom stereocenters. The van der Waals surface area contributed by atoms with Crippen molar-refractivity contribution in [3.05, 3.63) is 28.3 Å². The van der Waals surface area contributed by atoms with Gasteiger partial charge in [-0.15, -0.1) is 0 Å². The molecule has 0 aliphatic carbocycles. The normalized spacial score (nSPS) is 13.3. The van der Waals surface area contributed by atoms with Gasteiger partial charge in [-0.05, 0) is 12.1 Å². The van der Waals surface area contributed by atoms with Crippen molar-refractivity contribution in [3.63, 3.8) is 0 Å². The average molecular weight is 180 g/mol. The van der Waals surface area contributed by atoms with Crippen LogP contribution >= 0.6 is 11.6 Å². The number of hydrogen-bond acceptors (Lipinski definition) is 2. The third kappa shape index (κ3) is 1.03. The predicted molar refractivity (Wildman–Crippen MR) is 45.4 cm³/mol. The topological polar surface area (TPSA) is 33.0 Å². The lowest BCUT2D eigenvalue weighted by molar-refractivity contribution is 0.356. The molecule has 2 rings (SSSR count). The fourth-order valence-corrected chi connectivity index (χ4v) is 1.59. The molecule has 1 aliphatic heterocycles. The Morgan fingerprint density at radius 1 is 1.50 bits per heavy atom.